The van der Waals surface area contributed by atoms with Gasteiger partial charge in [0.15, 0.2) is 0 Å². The van der Waals surface area contributed by atoms with Crippen LogP contribution in [0, 0.1) is 5.82 Å². The number of aliphatic hydroxyl groups is 1. The minimum atomic E-state index is -3.65. The number of sulfonamides is 1. The highest BCUT2D eigenvalue weighted by atomic mass is 32.2. The number of benzene rings is 1. The van der Waals surface area contributed by atoms with Gasteiger partial charge in [-0.25, -0.2) is 31.9 Å². The molecule has 2 N–H and O–H groups in total. The van der Waals surface area contributed by atoms with Gasteiger partial charge in [-0.15, -0.1) is 0 Å². The van der Waals surface area contributed by atoms with Crippen LogP contribution in [-0.2, 0) is 26.0 Å². The van der Waals surface area contributed by atoms with Gasteiger partial charge >= 0.3 is 5.97 Å². The number of halogens is 1. The SMILES string of the molecule is CC(C)c1nc(N(C)S(C)(=O)=O)nc(-c2ccc(F)cc2)c1CCC(=O)CC(O)=CC(=O)O. The van der Waals surface area contributed by atoms with Crippen molar-refractivity contribution >= 4 is 27.7 Å². The Bertz CT molecular complexity index is 1180. The third kappa shape index (κ3) is 7.07. The Morgan fingerprint density at radius 3 is 2.27 bits per heavy atom. The second kappa shape index (κ2) is 10.5. The highest BCUT2D eigenvalue weighted by molar-refractivity contribution is 7.92. The van der Waals surface area contributed by atoms with Crippen molar-refractivity contribution in [3.63, 3.8) is 0 Å². The van der Waals surface area contributed by atoms with Gasteiger partial charge in [-0.3, -0.25) is 4.79 Å². The molecule has 9 nitrogen and oxygen atoms in total. The summed E-state index contributed by atoms with van der Waals surface area (Å²) in [6.07, 6.45) is 1.25. The summed E-state index contributed by atoms with van der Waals surface area (Å²) in [5.41, 5.74) is 1.97. The van der Waals surface area contributed by atoms with E-state index in [9.17, 15) is 27.5 Å². The van der Waals surface area contributed by atoms with E-state index < -0.39 is 39.8 Å². The Morgan fingerprint density at radius 2 is 1.76 bits per heavy atom. The smallest absolute Gasteiger partial charge is 0.331 e. The first kappa shape index (κ1) is 25.9. The van der Waals surface area contributed by atoms with Gasteiger partial charge in [-0.05, 0) is 36.6 Å². The van der Waals surface area contributed by atoms with E-state index in [1.807, 2.05) is 13.8 Å². The van der Waals surface area contributed by atoms with Gasteiger partial charge in [0.05, 0.1) is 30.1 Å². The molecule has 0 saturated carbocycles. The minimum Gasteiger partial charge on any atom is -0.512 e. The lowest BCUT2D eigenvalue weighted by molar-refractivity contribution is -0.131. The van der Waals surface area contributed by atoms with Crippen LogP contribution in [0.4, 0.5) is 10.3 Å². The van der Waals surface area contributed by atoms with Crippen molar-refractivity contribution < 1.29 is 32.6 Å². The molecule has 0 unspecified atom stereocenters. The van der Waals surface area contributed by atoms with Crippen LogP contribution in [0.1, 0.15) is 43.9 Å². The molecule has 0 aliphatic heterocycles. The number of anilines is 1. The van der Waals surface area contributed by atoms with Gasteiger partial charge in [0, 0.05) is 24.6 Å². The molecule has 0 spiro atoms. The summed E-state index contributed by atoms with van der Waals surface area (Å²) in [5.74, 6) is -3.00. The highest BCUT2D eigenvalue weighted by Gasteiger charge is 2.23. The molecule has 0 radical (unpaired) electrons. The molecule has 2 rings (SSSR count). The number of nitrogens with zero attached hydrogens (tertiary/aromatic N) is 3. The number of carboxylic acid groups (broad SMARTS) is 1. The number of aliphatic carboxylic acids is 1. The number of carbonyl (C=O) groups excluding carboxylic acids is 1. The molecule has 33 heavy (non-hydrogen) atoms. The number of carboxylic acids is 1. The summed E-state index contributed by atoms with van der Waals surface area (Å²) in [6.45, 7) is 3.71. The minimum absolute atomic E-state index is 0.0456. The number of hydrogen-bond donors (Lipinski definition) is 2. The van der Waals surface area contributed by atoms with E-state index in [4.69, 9.17) is 5.11 Å². The van der Waals surface area contributed by atoms with Crippen molar-refractivity contribution in [2.24, 2.45) is 0 Å². The average Bonchev–Trinajstić information content (AvgIpc) is 2.70. The lowest BCUT2D eigenvalue weighted by atomic mass is 9.94. The third-order valence-corrected chi connectivity index (χ3v) is 5.95. The first-order valence-corrected chi connectivity index (χ1v) is 11.9. The highest BCUT2D eigenvalue weighted by Crippen LogP contribution is 2.31. The van der Waals surface area contributed by atoms with E-state index in [2.05, 4.69) is 9.97 Å². The van der Waals surface area contributed by atoms with Crippen LogP contribution in [0.15, 0.2) is 36.1 Å². The van der Waals surface area contributed by atoms with E-state index in [0.29, 0.717) is 28.6 Å². The summed E-state index contributed by atoms with van der Waals surface area (Å²) in [6, 6.07) is 5.49. The predicted octanol–water partition coefficient (Wildman–Crippen LogP) is 3.22. The summed E-state index contributed by atoms with van der Waals surface area (Å²) in [4.78, 5) is 31.8. The van der Waals surface area contributed by atoms with Crippen LogP contribution in [-0.4, -0.2) is 53.7 Å². The average molecular weight is 480 g/mol. The van der Waals surface area contributed by atoms with Crippen molar-refractivity contribution in [1.82, 2.24) is 9.97 Å². The number of Topliss-reactive ketones (excluding diaryl/α,β-unsaturated/α-hetero) is 1. The molecular weight excluding hydrogens is 453 g/mol. The van der Waals surface area contributed by atoms with Crippen molar-refractivity contribution in [2.75, 3.05) is 17.6 Å². The quantitative estimate of drug-likeness (QED) is 0.391. The van der Waals surface area contributed by atoms with E-state index in [-0.39, 0.29) is 24.7 Å². The fraction of sp³-hybridized carbons (Fsp3) is 0.364. The first-order chi connectivity index (χ1) is 15.3. The van der Waals surface area contributed by atoms with Gasteiger partial charge in [0.25, 0.3) is 0 Å². The Hall–Kier alpha value is -3.34. The number of allylic oxidation sites excluding steroid dienone is 1. The van der Waals surface area contributed by atoms with Crippen molar-refractivity contribution in [1.29, 1.82) is 0 Å². The number of ketones is 1. The van der Waals surface area contributed by atoms with Gasteiger partial charge in [-0.2, -0.15) is 0 Å². The summed E-state index contributed by atoms with van der Waals surface area (Å²) in [5, 5.41) is 18.3. The number of rotatable bonds is 10. The van der Waals surface area contributed by atoms with Crippen molar-refractivity contribution in [3.05, 3.63) is 53.2 Å². The molecule has 0 amide bonds. The van der Waals surface area contributed by atoms with Gasteiger partial charge in [0.2, 0.25) is 16.0 Å². The maximum absolute atomic E-state index is 13.5. The molecule has 178 valence electrons. The van der Waals surface area contributed by atoms with Crippen LogP contribution in [0.5, 0.6) is 0 Å². The standard InChI is InChI=1S/C22H26FN3O6S/c1-13(2)20-18(10-9-16(27)11-17(28)12-19(29)30)21(14-5-7-15(23)8-6-14)25-22(24-20)26(3)33(4,31)32/h5-8,12-13,28H,9-11H2,1-4H3,(H,29,30). The zero-order chi connectivity index (χ0) is 24.9. The molecule has 0 saturated heterocycles. The fourth-order valence-electron chi connectivity index (χ4n) is 3.10. The van der Waals surface area contributed by atoms with E-state index in [0.717, 1.165) is 10.6 Å². The number of aromatic nitrogens is 2. The lowest BCUT2D eigenvalue weighted by Crippen LogP contribution is -2.28. The van der Waals surface area contributed by atoms with Crippen LogP contribution < -0.4 is 4.31 Å². The molecule has 0 atom stereocenters. The Labute approximate surface area is 191 Å². The van der Waals surface area contributed by atoms with Gasteiger partial charge in [-0.1, -0.05) is 13.8 Å². The van der Waals surface area contributed by atoms with Crippen molar-refractivity contribution in [2.45, 2.75) is 39.0 Å². The summed E-state index contributed by atoms with van der Waals surface area (Å²) < 4.78 is 38.6. The summed E-state index contributed by atoms with van der Waals surface area (Å²) in [7, 11) is -2.33. The number of carbonyl (C=O) groups is 2. The van der Waals surface area contributed by atoms with E-state index >= 15 is 0 Å². The number of aliphatic hydroxyl groups excluding tert-OH is 1. The van der Waals surface area contributed by atoms with Crippen molar-refractivity contribution in [3.8, 4) is 11.3 Å². The molecular formula is C22H26FN3O6S. The summed E-state index contributed by atoms with van der Waals surface area (Å²) >= 11 is 0. The van der Waals surface area contributed by atoms with Crippen LogP contribution in [0.25, 0.3) is 11.3 Å². The molecule has 1 heterocycles. The zero-order valence-electron chi connectivity index (χ0n) is 18.7. The molecule has 1 aromatic carbocycles. The van der Waals surface area contributed by atoms with Crippen LogP contribution in [0.2, 0.25) is 0 Å². The van der Waals surface area contributed by atoms with Crippen LogP contribution in [0.3, 0.4) is 0 Å². The lowest BCUT2D eigenvalue weighted by Gasteiger charge is -2.21. The normalized spacial score (nSPS) is 12.1. The Balaban J connectivity index is 2.56. The first-order valence-electron chi connectivity index (χ1n) is 10.0. The molecule has 0 bridgehead atoms. The maximum atomic E-state index is 13.5. The Morgan fingerprint density at radius 1 is 1.15 bits per heavy atom. The number of hydrogen-bond acceptors (Lipinski definition) is 7. The van der Waals surface area contributed by atoms with E-state index in [1.54, 1.807) is 0 Å². The zero-order valence-corrected chi connectivity index (χ0v) is 19.6. The third-order valence-electron chi connectivity index (χ3n) is 4.79. The fourth-order valence-corrected chi connectivity index (χ4v) is 3.48. The molecule has 2 aromatic rings. The topological polar surface area (TPSA) is 138 Å². The van der Waals surface area contributed by atoms with Gasteiger partial charge < -0.3 is 10.2 Å². The van der Waals surface area contributed by atoms with Crippen LogP contribution >= 0.6 is 0 Å². The molecule has 1 aromatic heterocycles. The van der Waals surface area contributed by atoms with E-state index in [1.165, 1.54) is 31.3 Å². The largest absolute Gasteiger partial charge is 0.512 e. The molecule has 0 aliphatic rings. The Kier molecular flexibility index (Phi) is 8.26. The molecule has 0 fully saturated rings. The monoisotopic (exact) mass is 479 g/mol. The second-order valence-corrected chi connectivity index (χ2v) is 9.83. The predicted molar refractivity (Wildman–Crippen MR) is 121 cm³/mol. The van der Waals surface area contributed by atoms with Gasteiger partial charge in [0.1, 0.15) is 17.4 Å². The molecule has 11 heteroatoms. The molecule has 0 aliphatic carbocycles. The maximum Gasteiger partial charge on any atom is 0.331 e. The second-order valence-electron chi connectivity index (χ2n) is 7.82.